The van der Waals surface area contributed by atoms with Crippen LogP contribution in [0.25, 0.3) is 0 Å². The van der Waals surface area contributed by atoms with E-state index < -0.39 is 0 Å². The summed E-state index contributed by atoms with van der Waals surface area (Å²) in [5.41, 5.74) is 4.88. The Balaban J connectivity index is 1.96. The number of hydrogen-bond acceptors (Lipinski definition) is 2. The molecule has 0 saturated carbocycles. The van der Waals surface area contributed by atoms with Crippen molar-refractivity contribution in [1.82, 2.24) is 5.32 Å². The Bertz CT molecular complexity index is 479. The van der Waals surface area contributed by atoms with E-state index in [0.717, 1.165) is 32.2 Å². The Labute approximate surface area is 116 Å². The fraction of sp³-hybridized carbons (Fsp3) is 0.647. The van der Waals surface area contributed by atoms with Gasteiger partial charge in [-0.15, -0.1) is 0 Å². The van der Waals surface area contributed by atoms with Crippen LogP contribution in [-0.4, -0.2) is 26.3 Å². The van der Waals surface area contributed by atoms with E-state index in [2.05, 4.69) is 51.2 Å². The van der Waals surface area contributed by atoms with Gasteiger partial charge in [-0.3, -0.25) is 0 Å². The molecule has 0 bridgehead atoms. The third-order valence-corrected chi connectivity index (χ3v) is 4.91. The second-order valence-electron chi connectivity index (χ2n) is 7.28. The Kier molecular flexibility index (Phi) is 2.99. The maximum Gasteiger partial charge on any atom is 0.0589 e. The van der Waals surface area contributed by atoms with E-state index >= 15 is 0 Å². The van der Waals surface area contributed by atoms with Gasteiger partial charge in [0.25, 0.3) is 0 Å². The van der Waals surface area contributed by atoms with E-state index in [0.29, 0.717) is 0 Å². The van der Waals surface area contributed by atoms with Crippen LogP contribution in [0.4, 0.5) is 0 Å². The first kappa shape index (κ1) is 13.1. The van der Waals surface area contributed by atoms with Gasteiger partial charge in [-0.2, -0.15) is 0 Å². The molecule has 2 nitrogen and oxygen atoms in total. The Morgan fingerprint density at radius 1 is 1.21 bits per heavy atom. The largest absolute Gasteiger partial charge is 0.379 e. The van der Waals surface area contributed by atoms with Gasteiger partial charge in [0.15, 0.2) is 0 Å². The summed E-state index contributed by atoms with van der Waals surface area (Å²) in [7, 11) is 0. The molecular weight excluding hydrogens is 234 g/mol. The van der Waals surface area contributed by atoms with E-state index in [1.165, 1.54) is 16.7 Å². The highest BCUT2D eigenvalue weighted by atomic mass is 16.5. The number of hydrogen-bond donors (Lipinski definition) is 1. The molecule has 0 atom stereocenters. The van der Waals surface area contributed by atoms with Gasteiger partial charge >= 0.3 is 0 Å². The van der Waals surface area contributed by atoms with Gasteiger partial charge in [-0.05, 0) is 34.9 Å². The van der Waals surface area contributed by atoms with Gasteiger partial charge in [0.1, 0.15) is 0 Å². The Hall–Kier alpha value is -0.860. The normalized spacial score (nSPS) is 22.7. The quantitative estimate of drug-likeness (QED) is 0.882. The summed E-state index contributed by atoms with van der Waals surface area (Å²) < 4.78 is 5.57. The molecule has 2 aliphatic heterocycles. The first-order chi connectivity index (χ1) is 8.93. The monoisotopic (exact) mass is 259 g/mol. The topological polar surface area (TPSA) is 21.3 Å². The van der Waals surface area contributed by atoms with Crippen molar-refractivity contribution in [2.75, 3.05) is 26.3 Å². The molecule has 19 heavy (non-hydrogen) atoms. The van der Waals surface area contributed by atoms with Crippen LogP contribution in [0.3, 0.4) is 0 Å². The number of rotatable bonds is 2. The summed E-state index contributed by atoms with van der Waals surface area (Å²) in [6.45, 7) is 13.2. The molecule has 0 amide bonds. The van der Waals surface area contributed by atoms with E-state index in [1.807, 2.05) is 0 Å². The van der Waals surface area contributed by atoms with Gasteiger partial charge in [0.05, 0.1) is 13.2 Å². The molecule has 0 aromatic heterocycles. The van der Waals surface area contributed by atoms with Gasteiger partial charge in [-0.1, -0.05) is 39.0 Å². The molecule has 1 N–H and O–H groups in total. The van der Waals surface area contributed by atoms with Crippen molar-refractivity contribution in [3.63, 3.8) is 0 Å². The van der Waals surface area contributed by atoms with Crippen LogP contribution in [0.1, 0.15) is 37.5 Å². The van der Waals surface area contributed by atoms with Gasteiger partial charge in [0, 0.05) is 18.5 Å². The number of benzene rings is 1. The second kappa shape index (κ2) is 4.32. The molecule has 2 saturated heterocycles. The van der Waals surface area contributed by atoms with Gasteiger partial charge in [0.2, 0.25) is 0 Å². The Morgan fingerprint density at radius 3 is 2.26 bits per heavy atom. The molecule has 0 unspecified atom stereocenters. The highest BCUT2D eigenvalue weighted by molar-refractivity contribution is 5.41. The molecule has 2 heteroatoms. The van der Waals surface area contributed by atoms with Crippen molar-refractivity contribution in [2.45, 2.75) is 38.5 Å². The highest BCUT2D eigenvalue weighted by Gasteiger charge is 2.49. The minimum Gasteiger partial charge on any atom is -0.379 e. The van der Waals surface area contributed by atoms with Crippen LogP contribution in [0.5, 0.6) is 0 Å². The average molecular weight is 259 g/mol. The fourth-order valence-electron chi connectivity index (χ4n) is 3.30. The molecule has 0 spiro atoms. The standard InChI is InChI=1S/C17H25NO/c1-12-7-13(16(2,3)4)5-6-15(12)17(10-19-11-17)14-8-18-9-14/h5-7,14,18H,8-11H2,1-4H3. The third kappa shape index (κ3) is 2.02. The molecule has 1 aromatic carbocycles. The van der Waals surface area contributed by atoms with Crippen LogP contribution >= 0.6 is 0 Å². The van der Waals surface area contributed by atoms with Crippen molar-refractivity contribution in [3.8, 4) is 0 Å². The van der Waals surface area contributed by atoms with E-state index in [9.17, 15) is 0 Å². The fourth-order valence-corrected chi connectivity index (χ4v) is 3.30. The lowest BCUT2D eigenvalue weighted by atomic mass is 9.64. The molecule has 0 radical (unpaired) electrons. The maximum atomic E-state index is 5.57. The lowest BCUT2D eigenvalue weighted by Gasteiger charge is -2.52. The zero-order valence-electron chi connectivity index (χ0n) is 12.5. The van der Waals surface area contributed by atoms with Crippen molar-refractivity contribution in [2.24, 2.45) is 5.92 Å². The predicted molar refractivity (Wildman–Crippen MR) is 78.7 cm³/mol. The minimum absolute atomic E-state index is 0.227. The minimum atomic E-state index is 0.227. The van der Waals surface area contributed by atoms with Gasteiger partial charge in [-0.25, -0.2) is 0 Å². The van der Waals surface area contributed by atoms with E-state index in [-0.39, 0.29) is 10.8 Å². The summed E-state index contributed by atoms with van der Waals surface area (Å²) in [6.07, 6.45) is 0. The molecule has 104 valence electrons. The number of aryl methyl sites for hydroxylation is 1. The van der Waals surface area contributed by atoms with Crippen LogP contribution in [0.2, 0.25) is 0 Å². The first-order valence-corrected chi connectivity index (χ1v) is 7.33. The zero-order chi connectivity index (χ0) is 13.7. The maximum absolute atomic E-state index is 5.57. The summed E-state index contributed by atoms with van der Waals surface area (Å²) >= 11 is 0. The molecular formula is C17H25NO. The molecule has 2 fully saturated rings. The summed E-state index contributed by atoms with van der Waals surface area (Å²) in [6, 6.07) is 7.05. The summed E-state index contributed by atoms with van der Waals surface area (Å²) in [5, 5.41) is 3.40. The van der Waals surface area contributed by atoms with Crippen LogP contribution < -0.4 is 5.32 Å². The van der Waals surface area contributed by atoms with Crippen molar-refractivity contribution in [3.05, 3.63) is 34.9 Å². The summed E-state index contributed by atoms with van der Waals surface area (Å²) in [4.78, 5) is 0. The van der Waals surface area contributed by atoms with Crippen molar-refractivity contribution >= 4 is 0 Å². The van der Waals surface area contributed by atoms with Gasteiger partial charge < -0.3 is 10.1 Å². The van der Waals surface area contributed by atoms with Crippen LogP contribution in [0.15, 0.2) is 18.2 Å². The second-order valence-corrected chi connectivity index (χ2v) is 7.28. The number of nitrogens with one attached hydrogen (secondary N) is 1. The zero-order valence-corrected chi connectivity index (χ0v) is 12.5. The van der Waals surface area contributed by atoms with Crippen molar-refractivity contribution in [1.29, 1.82) is 0 Å². The lowest BCUT2D eigenvalue weighted by molar-refractivity contribution is -0.101. The SMILES string of the molecule is Cc1cc(C(C)(C)C)ccc1C1(C2CNC2)COC1. The molecule has 3 rings (SSSR count). The third-order valence-electron chi connectivity index (χ3n) is 4.91. The average Bonchev–Trinajstić information content (AvgIpc) is 2.19. The molecule has 2 heterocycles. The predicted octanol–water partition coefficient (Wildman–Crippen LogP) is 2.78. The van der Waals surface area contributed by atoms with Crippen LogP contribution in [0, 0.1) is 12.8 Å². The summed E-state index contributed by atoms with van der Waals surface area (Å²) in [5.74, 6) is 0.750. The van der Waals surface area contributed by atoms with E-state index in [4.69, 9.17) is 4.74 Å². The smallest absolute Gasteiger partial charge is 0.0589 e. The molecule has 1 aromatic rings. The highest BCUT2D eigenvalue weighted by Crippen LogP contribution is 2.43. The van der Waals surface area contributed by atoms with E-state index in [1.54, 1.807) is 0 Å². The Morgan fingerprint density at radius 2 is 1.89 bits per heavy atom. The lowest BCUT2D eigenvalue weighted by Crippen LogP contribution is -2.62. The van der Waals surface area contributed by atoms with Crippen molar-refractivity contribution < 1.29 is 4.74 Å². The number of ether oxygens (including phenoxy) is 1. The van der Waals surface area contributed by atoms with Crippen LogP contribution in [-0.2, 0) is 15.6 Å². The molecule has 0 aliphatic carbocycles. The molecule has 2 aliphatic rings. The first-order valence-electron chi connectivity index (χ1n) is 7.33.